The average molecular weight is 409 g/mol. The first kappa shape index (κ1) is 20.3. The third-order valence-electron chi connectivity index (χ3n) is 5.91. The molecule has 3 heterocycles. The van der Waals surface area contributed by atoms with Crippen LogP contribution in [-0.2, 0) is 6.54 Å². The van der Waals surface area contributed by atoms with Crippen molar-refractivity contribution in [1.82, 2.24) is 15.2 Å². The van der Waals surface area contributed by atoms with Crippen molar-refractivity contribution < 1.29 is 4.74 Å². The van der Waals surface area contributed by atoms with E-state index in [1.807, 2.05) is 25.4 Å². The van der Waals surface area contributed by atoms with Crippen molar-refractivity contribution in [2.45, 2.75) is 19.4 Å². The third-order valence-corrected chi connectivity index (χ3v) is 5.91. The van der Waals surface area contributed by atoms with Crippen LogP contribution in [0.1, 0.15) is 18.4 Å². The zero-order chi connectivity index (χ0) is 20.8. The van der Waals surface area contributed by atoms with Gasteiger partial charge in [0, 0.05) is 59.1 Å². The minimum absolute atomic E-state index is 0.729. The molecule has 0 saturated carbocycles. The average Bonchev–Trinajstić information content (AvgIpc) is 3.35. The van der Waals surface area contributed by atoms with E-state index in [2.05, 4.69) is 54.3 Å². The van der Waals surface area contributed by atoms with Gasteiger partial charge in [0.2, 0.25) is 0 Å². The molecule has 0 amide bonds. The van der Waals surface area contributed by atoms with Gasteiger partial charge in [-0.2, -0.15) is 0 Å². The molecule has 2 saturated heterocycles. The monoisotopic (exact) mass is 408 g/mol. The molecule has 160 valence electrons. The van der Waals surface area contributed by atoms with Gasteiger partial charge in [-0.25, -0.2) is 4.98 Å². The van der Waals surface area contributed by atoms with Gasteiger partial charge in [-0.1, -0.05) is 18.2 Å². The van der Waals surface area contributed by atoms with Gasteiger partial charge in [-0.15, -0.1) is 0 Å². The van der Waals surface area contributed by atoms with Gasteiger partial charge in [0.05, 0.1) is 12.8 Å². The molecule has 2 aromatic rings. The lowest BCUT2D eigenvalue weighted by molar-refractivity contribution is 0.367. The van der Waals surface area contributed by atoms with Crippen molar-refractivity contribution in [2.75, 3.05) is 63.2 Å². The quantitative estimate of drug-likeness (QED) is 0.606. The van der Waals surface area contributed by atoms with Crippen LogP contribution in [0.25, 0.3) is 0 Å². The summed E-state index contributed by atoms with van der Waals surface area (Å²) in [4.78, 5) is 16.2. The lowest BCUT2D eigenvalue weighted by Crippen LogP contribution is -2.52. The summed E-state index contributed by atoms with van der Waals surface area (Å²) in [6.07, 6.45) is 4.52. The standard InChI is InChI=1S/C23H32N6O/c1-24-23(26-18-19-9-10-22(25-17-19)28-11-5-6-12-28)29-15-13-27(14-16-29)20-7-3-4-8-21(20)30-2/h3-4,7-10,17H,5-6,11-16,18H2,1-2H3,(H,24,26). The number of hydrogen-bond donors (Lipinski definition) is 1. The minimum atomic E-state index is 0.729. The topological polar surface area (TPSA) is 56.2 Å². The second-order valence-corrected chi connectivity index (χ2v) is 7.77. The van der Waals surface area contributed by atoms with Crippen LogP contribution >= 0.6 is 0 Å². The van der Waals surface area contributed by atoms with Gasteiger partial charge in [0.1, 0.15) is 11.6 Å². The van der Waals surface area contributed by atoms with Crippen molar-refractivity contribution in [1.29, 1.82) is 0 Å². The molecular weight excluding hydrogens is 376 g/mol. The molecule has 7 nitrogen and oxygen atoms in total. The first-order valence-corrected chi connectivity index (χ1v) is 10.8. The Bertz CT molecular complexity index is 839. The van der Waals surface area contributed by atoms with Crippen molar-refractivity contribution in [3.8, 4) is 5.75 Å². The van der Waals surface area contributed by atoms with Gasteiger partial charge in [0.15, 0.2) is 5.96 Å². The molecule has 30 heavy (non-hydrogen) atoms. The van der Waals surface area contributed by atoms with Crippen LogP contribution in [0.3, 0.4) is 0 Å². The summed E-state index contributed by atoms with van der Waals surface area (Å²) in [5.41, 5.74) is 2.33. The van der Waals surface area contributed by atoms with E-state index in [-0.39, 0.29) is 0 Å². The lowest BCUT2D eigenvalue weighted by atomic mass is 10.2. The number of guanidine groups is 1. The molecule has 0 unspecified atom stereocenters. The maximum Gasteiger partial charge on any atom is 0.194 e. The van der Waals surface area contributed by atoms with Crippen LogP contribution in [0, 0.1) is 0 Å². The molecule has 1 aromatic heterocycles. The normalized spacial score (nSPS) is 17.4. The largest absolute Gasteiger partial charge is 0.495 e. The smallest absolute Gasteiger partial charge is 0.194 e. The number of ether oxygens (including phenoxy) is 1. The Morgan fingerprint density at radius 3 is 2.43 bits per heavy atom. The van der Waals surface area contributed by atoms with E-state index in [0.29, 0.717) is 0 Å². The molecule has 0 atom stereocenters. The highest BCUT2D eigenvalue weighted by Gasteiger charge is 2.21. The van der Waals surface area contributed by atoms with E-state index in [9.17, 15) is 0 Å². The number of benzene rings is 1. The Labute approximate surface area is 179 Å². The van der Waals surface area contributed by atoms with Gasteiger partial charge in [0.25, 0.3) is 0 Å². The van der Waals surface area contributed by atoms with Crippen LogP contribution in [-0.4, -0.2) is 69.3 Å². The highest BCUT2D eigenvalue weighted by atomic mass is 16.5. The summed E-state index contributed by atoms with van der Waals surface area (Å²) in [6.45, 7) is 6.69. The molecule has 1 N–H and O–H groups in total. The first-order valence-electron chi connectivity index (χ1n) is 10.8. The summed E-state index contributed by atoms with van der Waals surface area (Å²) in [7, 11) is 3.58. The molecule has 4 rings (SSSR count). The molecule has 0 aliphatic carbocycles. The molecule has 2 aliphatic rings. The SMILES string of the molecule is CN=C(NCc1ccc(N2CCCC2)nc1)N1CCN(c2ccccc2OC)CC1. The Hall–Kier alpha value is -2.96. The Morgan fingerprint density at radius 2 is 1.77 bits per heavy atom. The van der Waals surface area contributed by atoms with Crippen LogP contribution < -0.4 is 19.9 Å². The number of rotatable bonds is 5. The van der Waals surface area contributed by atoms with E-state index >= 15 is 0 Å². The van der Waals surface area contributed by atoms with E-state index in [4.69, 9.17) is 4.74 Å². The zero-order valence-corrected chi connectivity index (χ0v) is 18.0. The fourth-order valence-electron chi connectivity index (χ4n) is 4.22. The highest BCUT2D eigenvalue weighted by Crippen LogP contribution is 2.28. The van der Waals surface area contributed by atoms with Crippen LogP contribution in [0.15, 0.2) is 47.6 Å². The number of nitrogens with zero attached hydrogens (tertiary/aromatic N) is 5. The summed E-state index contributed by atoms with van der Waals surface area (Å²) in [5, 5.41) is 3.50. The van der Waals surface area contributed by atoms with Gasteiger partial charge in [-0.3, -0.25) is 4.99 Å². The second-order valence-electron chi connectivity index (χ2n) is 7.77. The molecule has 0 radical (unpaired) electrons. The van der Waals surface area contributed by atoms with Crippen molar-refractivity contribution in [3.63, 3.8) is 0 Å². The van der Waals surface area contributed by atoms with Crippen molar-refractivity contribution >= 4 is 17.5 Å². The fraction of sp³-hybridized carbons (Fsp3) is 0.478. The predicted octanol–water partition coefficient (Wildman–Crippen LogP) is 2.59. The van der Waals surface area contributed by atoms with Gasteiger partial charge in [-0.05, 0) is 36.6 Å². The molecular formula is C23H32N6O. The second kappa shape index (κ2) is 9.69. The molecule has 7 heteroatoms. The molecule has 0 bridgehead atoms. The van der Waals surface area contributed by atoms with Crippen molar-refractivity contribution in [2.24, 2.45) is 4.99 Å². The van der Waals surface area contributed by atoms with E-state index in [1.165, 1.54) is 18.4 Å². The van der Waals surface area contributed by atoms with E-state index < -0.39 is 0 Å². The van der Waals surface area contributed by atoms with Crippen LogP contribution in [0.2, 0.25) is 0 Å². The number of pyridine rings is 1. The number of aliphatic imine (C=N–C) groups is 1. The first-order chi connectivity index (χ1) is 14.8. The third kappa shape index (κ3) is 4.61. The lowest BCUT2D eigenvalue weighted by Gasteiger charge is -2.38. The maximum atomic E-state index is 5.52. The van der Waals surface area contributed by atoms with Crippen LogP contribution in [0.4, 0.5) is 11.5 Å². The maximum absolute atomic E-state index is 5.52. The van der Waals surface area contributed by atoms with Crippen LogP contribution in [0.5, 0.6) is 5.75 Å². The number of aromatic nitrogens is 1. The molecule has 1 aromatic carbocycles. The molecule has 2 aliphatic heterocycles. The highest BCUT2D eigenvalue weighted by molar-refractivity contribution is 5.80. The fourth-order valence-corrected chi connectivity index (χ4v) is 4.22. The Morgan fingerprint density at radius 1 is 1.00 bits per heavy atom. The minimum Gasteiger partial charge on any atom is -0.495 e. The Kier molecular flexibility index (Phi) is 6.57. The number of nitrogens with one attached hydrogen (secondary N) is 1. The summed E-state index contributed by atoms with van der Waals surface area (Å²) in [5.74, 6) is 2.96. The summed E-state index contributed by atoms with van der Waals surface area (Å²) < 4.78 is 5.52. The van der Waals surface area contributed by atoms with E-state index in [0.717, 1.165) is 69.0 Å². The number of hydrogen-bond acceptors (Lipinski definition) is 5. The van der Waals surface area contributed by atoms with Gasteiger partial charge >= 0.3 is 0 Å². The number of methoxy groups -OCH3 is 1. The number of para-hydroxylation sites is 2. The Balaban J connectivity index is 1.30. The number of piperazine rings is 1. The predicted molar refractivity (Wildman–Crippen MR) is 123 cm³/mol. The zero-order valence-electron chi connectivity index (χ0n) is 18.0. The molecule has 2 fully saturated rings. The summed E-state index contributed by atoms with van der Waals surface area (Å²) >= 11 is 0. The summed E-state index contributed by atoms with van der Waals surface area (Å²) in [6, 6.07) is 12.5. The molecule has 0 spiro atoms. The van der Waals surface area contributed by atoms with E-state index in [1.54, 1.807) is 7.11 Å². The van der Waals surface area contributed by atoms with Crippen molar-refractivity contribution in [3.05, 3.63) is 48.2 Å². The number of anilines is 2. The van der Waals surface area contributed by atoms with Gasteiger partial charge < -0.3 is 24.8 Å².